The number of nitrogens with two attached hydrogens (primary N) is 1. The lowest BCUT2D eigenvalue weighted by molar-refractivity contribution is 0.0695. The Hall–Kier alpha value is -2.54. The van der Waals surface area contributed by atoms with Gasteiger partial charge >= 0.3 is 5.97 Å². The molecule has 0 saturated carbocycles. The highest BCUT2D eigenvalue weighted by molar-refractivity contribution is 5.88. The number of nitrogens with zero attached hydrogens (tertiary/aromatic N) is 1. The third-order valence-corrected chi connectivity index (χ3v) is 4.61. The molecule has 0 fully saturated rings. The summed E-state index contributed by atoms with van der Waals surface area (Å²) < 4.78 is 11.5. The zero-order valence-corrected chi connectivity index (χ0v) is 16.8. The molecule has 0 atom stereocenters. The number of aromatic carboxylic acids is 1. The van der Waals surface area contributed by atoms with E-state index in [1.54, 1.807) is 6.07 Å². The van der Waals surface area contributed by atoms with Gasteiger partial charge in [0.15, 0.2) is 0 Å². The Morgan fingerprint density at radius 2 is 1.68 bits per heavy atom. The number of aromatic nitrogens is 2. The zero-order chi connectivity index (χ0) is 20.4. The standard InChI is InChI=1S/C21H31N3O4/c1-15-20(16(2)24-23-15)8-7-11-28-19-13-17(21(25)26)12-18(14-19)27-10-6-4-3-5-9-22/h12-14H,3-11,22H2,1-2H3,(H,23,24)(H,25,26). The van der Waals surface area contributed by atoms with E-state index >= 15 is 0 Å². The van der Waals surface area contributed by atoms with Gasteiger partial charge in [0.05, 0.1) is 24.5 Å². The van der Waals surface area contributed by atoms with E-state index in [0.29, 0.717) is 31.3 Å². The van der Waals surface area contributed by atoms with E-state index in [2.05, 4.69) is 10.2 Å². The van der Waals surface area contributed by atoms with Gasteiger partial charge in [-0.2, -0.15) is 5.10 Å². The first-order chi connectivity index (χ1) is 13.5. The molecule has 0 unspecified atom stereocenters. The average Bonchev–Trinajstić information content (AvgIpc) is 2.99. The molecule has 4 N–H and O–H groups in total. The highest BCUT2D eigenvalue weighted by Crippen LogP contribution is 2.24. The van der Waals surface area contributed by atoms with Crippen molar-refractivity contribution in [1.82, 2.24) is 10.2 Å². The minimum absolute atomic E-state index is 0.164. The zero-order valence-electron chi connectivity index (χ0n) is 16.8. The van der Waals surface area contributed by atoms with Crippen molar-refractivity contribution >= 4 is 5.97 Å². The normalized spacial score (nSPS) is 10.8. The average molecular weight is 389 g/mol. The fraction of sp³-hybridized carbons (Fsp3) is 0.524. The smallest absolute Gasteiger partial charge is 0.335 e. The number of nitrogens with one attached hydrogen (secondary N) is 1. The third kappa shape index (κ3) is 6.88. The van der Waals surface area contributed by atoms with E-state index < -0.39 is 5.97 Å². The second-order valence-electron chi connectivity index (χ2n) is 6.91. The first kappa shape index (κ1) is 21.8. The fourth-order valence-corrected chi connectivity index (χ4v) is 3.03. The van der Waals surface area contributed by atoms with Crippen molar-refractivity contribution in [1.29, 1.82) is 0 Å². The van der Waals surface area contributed by atoms with Crippen LogP contribution < -0.4 is 15.2 Å². The first-order valence-electron chi connectivity index (χ1n) is 9.85. The maximum Gasteiger partial charge on any atom is 0.335 e. The van der Waals surface area contributed by atoms with Crippen LogP contribution in [0.2, 0.25) is 0 Å². The van der Waals surface area contributed by atoms with Crippen molar-refractivity contribution in [3.63, 3.8) is 0 Å². The number of benzene rings is 1. The van der Waals surface area contributed by atoms with Gasteiger partial charge in [-0.05, 0) is 63.8 Å². The number of carboxylic acid groups (broad SMARTS) is 1. The van der Waals surface area contributed by atoms with Crippen molar-refractivity contribution in [2.24, 2.45) is 5.73 Å². The number of carboxylic acids is 1. The third-order valence-electron chi connectivity index (χ3n) is 4.61. The van der Waals surface area contributed by atoms with Crippen LogP contribution in [0.1, 0.15) is 59.4 Å². The Morgan fingerprint density at radius 1 is 1.04 bits per heavy atom. The number of unbranched alkanes of at least 4 members (excludes halogenated alkanes) is 3. The molecule has 7 nitrogen and oxygen atoms in total. The van der Waals surface area contributed by atoms with Crippen LogP contribution in [0.5, 0.6) is 11.5 Å². The maximum absolute atomic E-state index is 11.4. The molecule has 0 aliphatic heterocycles. The van der Waals surface area contributed by atoms with E-state index in [9.17, 15) is 9.90 Å². The number of carbonyl (C=O) groups is 1. The van der Waals surface area contributed by atoms with Crippen LogP contribution >= 0.6 is 0 Å². The van der Waals surface area contributed by atoms with Crippen LogP contribution in [0.25, 0.3) is 0 Å². The number of hydrogen-bond donors (Lipinski definition) is 3. The van der Waals surface area contributed by atoms with Gasteiger partial charge in [-0.1, -0.05) is 12.8 Å². The van der Waals surface area contributed by atoms with Crippen molar-refractivity contribution in [2.45, 2.75) is 52.4 Å². The van der Waals surface area contributed by atoms with E-state index in [0.717, 1.165) is 49.9 Å². The van der Waals surface area contributed by atoms with Gasteiger partial charge in [-0.25, -0.2) is 4.79 Å². The molecular formula is C21H31N3O4. The number of aryl methyl sites for hydroxylation is 2. The number of rotatable bonds is 13. The van der Waals surface area contributed by atoms with E-state index in [-0.39, 0.29) is 5.56 Å². The number of ether oxygens (including phenoxy) is 2. The molecule has 0 bridgehead atoms. The van der Waals surface area contributed by atoms with Crippen molar-refractivity contribution in [3.8, 4) is 11.5 Å². The summed E-state index contributed by atoms with van der Waals surface area (Å²) in [5.74, 6) is 0.0387. The Labute approximate surface area is 166 Å². The minimum Gasteiger partial charge on any atom is -0.493 e. The molecule has 154 valence electrons. The van der Waals surface area contributed by atoms with Crippen LogP contribution in [0.15, 0.2) is 18.2 Å². The Bertz CT molecular complexity index is 739. The van der Waals surface area contributed by atoms with Crippen LogP contribution in [0.4, 0.5) is 0 Å². The first-order valence-corrected chi connectivity index (χ1v) is 9.85. The summed E-state index contributed by atoms with van der Waals surface area (Å²) in [7, 11) is 0. The molecule has 0 amide bonds. The number of hydrogen-bond acceptors (Lipinski definition) is 5. The molecule has 0 saturated heterocycles. The summed E-state index contributed by atoms with van der Waals surface area (Å²) in [6.45, 7) is 5.74. The Balaban J connectivity index is 1.86. The molecule has 28 heavy (non-hydrogen) atoms. The fourth-order valence-electron chi connectivity index (χ4n) is 3.03. The van der Waals surface area contributed by atoms with Gasteiger partial charge in [-0.3, -0.25) is 5.10 Å². The quantitative estimate of drug-likeness (QED) is 0.451. The summed E-state index contributed by atoms with van der Waals surface area (Å²) in [5.41, 5.74) is 8.94. The molecule has 7 heteroatoms. The predicted molar refractivity (Wildman–Crippen MR) is 108 cm³/mol. The van der Waals surface area contributed by atoms with E-state index in [1.807, 2.05) is 13.8 Å². The van der Waals surface area contributed by atoms with Crippen LogP contribution in [0.3, 0.4) is 0 Å². The van der Waals surface area contributed by atoms with Gasteiger partial charge in [0.2, 0.25) is 0 Å². The molecule has 0 spiro atoms. The molecule has 1 aromatic carbocycles. The second kappa shape index (κ2) is 11.3. The molecule has 0 aliphatic carbocycles. The Morgan fingerprint density at radius 3 is 2.25 bits per heavy atom. The summed E-state index contributed by atoms with van der Waals surface area (Å²) in [6, 6.07) is 4.82. The lowest BCUT2D eigenvalue weighted by Gasteiger charge is -2.11. The van der Waals surface area contributed by atoms with Gasteiger partial charge in [0.1, 0.15) is 11.5 Å². The molecular weight excluding hydrogens is 358 g/mol. The van der Waals surface area contributed by atoms with Gasteiger partial charge < -0.3 is 20.3 Å². The van der Waals surface area contributed by atoms with E-state index in [1.165, 1.54) is 17.7 Å². The van der Waals surface area contributed by atoms with Gasteiger partial charge in [0, 0.05) is 11.8 Å². The molecule has 1 heterocycles. The molecule has 0 aliphatic rings. The molecule has 0 radical (unpaired) electrons. The van der Waals surface area contributed by atoms with E-state index in [4.69, 9.17) is 15.2 Å². The van der Waals surface area contributed by atoms with Crippen molar-refractivity contribution < 1.29 is 19.4 Å². The summed E-state index contributed by atoms with van der Waals surface area (Å²) >= 11 is 0. The van der Waals surface area contributed by atoms with Gasteiger partial charge in [-0.15, -0.1) is 0 Å². The van der Waals surface area contributed by atoms with Crippen LogP contribution in [-0.2, 0) is 6.42 Å². The number of H-pyrrole nitrogens is 1. The summed E-state index contributed by atoms with van der Waals surface area (Å²) in [4.78, 5) is 11.4. The summed E-state index contributed by atoms with van der Waals surface area (Å²) in [6.07, 6.45) is 5.74. The second-order valence-corrected chi connectivity index (χ2v) is 6.91. The van der Waals surface area contributed by atoms with Crippen LogP contribution in [-0.4, -0.2) is 41.0 Å². The largest absolute Gasteiger partial charge is 0.493 e. The molecule has 2 aromatic rings. The maximum atomic E-state index is 11.4. The lowest BCUT2D eigenvalue weighted by atomic mass is 10.1. The van der Waals surface area contributed by atoms with Crippen molar-refractivity contribution in [3.05, 3.63) is 40.7 Å². The minimum atomic E-state index is -0.997. The highest BCUT2D eigenvalue weighted by Gasteiger charge is 2.10. The van der Waals surface area contributed by atoms with Gasteiger partial charge in [0.25, 0.3) is 0 Å². The molecule has 1 aromatic heterocycles. The number of aromatic amines is 1. The van der Waals surface area contributed by atoms with Crippen molar-refractivity contribution in [2.75, 3.05) is 19.8 Å². The monoisotopic (exact) mass is 389 g/mol. The topological polar surface area (TPSA) is 110 Å². The summed E-state index contributed by atoms with van der Waals surface area (Å²) in [5, 5.41) is 16.5. The Kier molecular flexibility index (Phi) is 8.81. The lowest BCUT2D eigenvalue weighted by Crippen LogP contribution is -2.05. The molecule has 2 rings (SSSR count). The SMILES string of the molecule is Cc1n[nH]c(C)c1CCCOc1cc(OCCCCCCN)cc(C(=O)O)c1. The van der Waals surface area contributed by atoms with Crippen LogP contribution in [0, 0.1) is 13.8 Å². The predicted octanol–water partition coefficient (Wildman–Crippen LogP) is 3.63. The highest BCUT2D eigenvalue weighted by atomic mass is 16.5.